The average Bonchev–Trinajstić information content (AvgIpc) is 3.20. The molecule has 0 radical (unpaired) electrons. The Bertz CT molecular complexity index is 960. The zero-order valence-electron chi connectivity index (χ0n) is 16.2. The largest absolute Gasteiger partial charge is 0.489 e. The minimum absolute atomic E-state index is 0.0743. The van der Waals surface area contributed by atoms with Gasteiger partial charge in [0, 0.05) is 34.9 Å². The number of ether oxygens (including phenoxy) is 1. The number of nitrogens with zero attached hydrogens (tertiary/aromatic N) is 3. The van der Waals surface area contributed by atoms with Crippen LogP contribution in [0.4, 0.5) is 5.13 Å². The van der Waals surface area contributed by atoms with E-state index in [4.69, 9.17) is 9.72 Å². The molecule has 1 aliphatic rings. The third-order valence-electron chi connectivity index (χ3n) is 4.85. The molecule has 29 heavy (non-hydrogen) atoms. The number of rotatable bonds is 7. The first-order chi connectivity index (χ1) is 14.2. The number of carbonyl (C=O) groups is 1. The molecule has 0 saturated heterocycles. The molecule has 6 heteroatoms. The number of thiazole rings is 1. The second-order valence-corrected chi connectivity index (χ2v) is 8.01. The Kier molecular flexibility index (Phi) is 6.00. The van der Waals surface area contributed by atoms with Crippen LogP contribution in [0.1, 0.15) is 39.3 Å². The highest BCUT2D eigenvalue weighted by Gasteiger charge is 2.23. The first kappa shape index (κ1) is 19.3. The first-order valence-corrected chi connectivity index (χ1v) is 10.6. The van der Waals surface area contributed by atoms with Crippen LogP contribution in [0, 0.1) is 0 Å². The summed E-state index contributed by atoms with van der Waals surface area (Å²) in [6.45, 7) is 4.68. The number of hydrogen-bond acceptors (Lipinski definition) is 5. The Morgan fingerprint density at radius 1 is 1.21 bits per heavy atom. The predicted octanol–water partition coefficient (Wildman–Crippen LogP) is 4.83. The van der Waals surface area contributed by atoms with Crippen LogP contribution in [0.2, 0.25) is 0 Å². The molecule has 1 amide bonds. The highest BCUT2D eigenvalue weighted by Crippen LogP contribution is 2.32. The molecule has 0 bridgehead atoms. The molecule has 1 aliphatic carbocycles. The Hall–Kier alpha value is -2.99. The summed E-state index contributed by atoms with van der Waals surface area (Å²) in [7, 11) is 0. The number of aryl methyl sites for hydroxylation is 2. The van der Waals surface area contributed by atoms with Gasteiger partial charge in [0.1, 0.15) is 12.4 Å². The maximum Gasteiger partial charge on any atom is 0.260 e. The second kappa shape index (κ2) is 9.01. The standard InChI is InChI=1S/C23H23N3O2S/c1-2-14-26(23-25-20-7-3-4-8-21(20)29-23)22(27)18-9-11-19(12-10-18)28-16-17-6-5-13-24-15-17/h2,5-6,9-13,15H,1,3-4,7-8,14,16H2. The van der Waals surface area contributed by atoms with Crippen molar-refractivity contribution < 1.29 is 9.53 Å². The number of benzene rings is 1. The maximum absolute atomic E-state index is 13.1. The van der Waals surface area contributed by atoms with Gasteiger partial charge in [-0.1, -0.05) is 12.1 Å². The van der Waals surface area contributed by atoms with Gasteiger partial charge in [-0.25, -0.2) is 4.98 Å². The summed E-state index contributed by atoms with van der Waals surface area (Å²) in [5, 5.41) is 0.763. The van der Waals surface area contributed by atoms with Gasteiger partial charge < -0.3 is 4.74 Å². The number of hydrogen-bond donors (Lipinski definition) is 0. The molecule has 1 aromatic carbocycles. The maximum atomic E-state index is 13.1. The summed E-state index contributed by atoms with van der Waals surface area (Å²) in [4.78, 5) is 25.0. The van der Waals surface area contributed by atoms with E-state index >= 15 is 0 Å². The van der Waals surface area contributed by atoms with E-state index in [0.717, 1.165) is 29.2 Å². The van der Waals surface area contributed by atoms with Crippen LogP contribution in [-0.4, -0.2) is 22.4 Å². The average molecular weight is 406 g/mol. The predicted molar refractivity (Wildman–Crippen MR) is 116 cm³/mol. The molecule has 2 heterocycles. The van der Waals surface area contributed by atoms with Gasteiger partial charge in [-0.05, 0) is 56.0 Å². The Morgan fingerprint density at radius 3 is 2.76 bits per heavy atom. The normalized spacial score (nSPS) is 12.8. The van der Waals surface area contributed by atoms with Gasteiger partial charge in [-0.15, -0.1) is 17.9 Å². The van der Waals surface area contributed by atoms with Crippen LogP contribution in [0.25, 0.3) is 0 Å². The monoisotopic (exact) mass is 405 g/mol. The van der Waals surface area contributed by atoms with E-state index in [1.165, 1.54) is 17.7 Å². The fraction of sp³-hybridized carbons (Fsp3) is 0.261. The van der Waals surface area contributed by atoms with Crippen molar-refractivity contribution in [3.05, 3.63) is 83.1 Å². The number of aromatic nitrogens is 2. The molecule has 0 aliphatic heterocycles. The van der Waals surface area contributed by atoms with Crippen molar-refractivity contribution in [3.63, 3.8) is 0 Å². The zero-order chi connectivity index (χ0) is 20.1. The lowest BCUT2D eigenvalue weighted by atomic mass is 10.0. The Balaban J connectivity index is 1.47. The summed E-state index contributed by atoms with van der Waals surface area (Å²) in [6, 6.07) is 11.1. The van der Waals surface area contributed by atoms with Crippen LogP contribution in [-0.2, 0) is 19.4 Å². The molecule has 0 saturated carbocycles. The van der Waals surface area contributed by atoms with E-state index < -0.39 is 0 Å². The molecule has 5 nitrogen and oxygen atoms in total. The van der Waals surface area contributed by atoms with Crippen LogP contribution < -0.4 is 9.64 Å². The number of amides is 1. The van der Waals surface area contributed by atoms with Gasteiger partial charge in [0.25, 0.3) is 5.91 Å². The second-order valence-electron chi connectivity index (χ2n) is 6.95. The fourth-order valence-electron chi connectivity index (χ4n) is 3.33. The number of carbonyl (C=O) groups excluding carboxylic acids is 1. The van der Waals surface area contributed by atoms with E-state index in [-0.39, 0.29) is 5.91 Å². The molecule has 0 spiro atoms. The van der Waals surface area contributed by atoms with E-state index in [2.05, 4.69) is 11.6 Å². The van der Waals surface area contributed by atoms with Gasteiger partial charge in [-0.2, -0.15) is 0 Å². The molecular weight excluding hydrogens is 382 g/mol. The molecule has 0 N–H and O–H groups in total. The molecule has 2 aromatic heterocycles. The SMILES string of the molecule is C=CCN(C(=O)c1ccc(OCc2cccnc2)cc1)c1nc2c(s1)CCCC2. The highest BCUT2D eigenvalue weighted by atomic mass is 32.1. The molecule has 4 rings (SSSR count). The zero-order valence-corrected chi connectivity index (χ0v) is 17.0. The smallest absolute Gasteiger partial charge is 0.260 e. The summed E-state index contributed by atoms with van der Waals surface area (Å²) in [5.41, 5.74) is 2.75. The number of anilines is 1. The van der Waals surface area contributed by atoms with E-state index in [0.29, 0.717) is 24.5 Å². The van der Waals surface area contributed by atoms with Crippen molar-refractivity contribution in [1.82, 2.24) is 9.97 Å². The van der Waals surface area contributed by atoms with Crippen molar-refractivity contribution >= 4 is 22.4 Å². The fourth-order valence-corrected chi connectivity index (χ4v) is 4.49. The van der Waals surface area contributed by atoms with Gasteiger partial charge in [0.2, 0.25) is 0 Å². The van der Waals surface area contributed by atoms with Crippen LogP contribution in [0.15, 0.2) is 61.4 Å². The molecular formula is C23H23N3O2S. The van der Waals surface area contributed by atoms with Crippen molar-refractivity contribution in [3.8, 4) is 5.75 Å². The summed E-state index contributed by atoms with van der Waals surface area (Å²) >= 11 is 1.63. The summed E-state index contributed by atoms with van der Waals surface area (Å²) in [6.07, 6.45) is 9.69. The summed E-state index contributed by atoms with van der Waals surface area (Å²) in [5.74, 6) is 0.639. The van der Waals surface area contributed by atoms with Gasteiger partial charge in [0.05, 0.1) is 5.69 Å². The Labute approximate surface area is 174 Å². The molecule has 148 valence electrons. The third-order valence-corrected chi connectivity index (χ3v) is 6.03. The lowest BCUT2D eigenvalue weighted by Crippen LogP contribution is -2.31. The quantitative estimate of drug-likeness (QED) is 0.529. The minimum atomic E-state index is -0.0743. The number of pyridine rings is 1. The topological polar surface area (TPSA) is 55.3 Å². The lowest BCUT2D eigenvalue weighted by molar-refractivity contribution is 0.0989. The van der Waals surface area contributed by atoms with Gasteiger partial charge in [0.15, 0.2) is 5.13 Å². The van der Waals surface area contributed by atoms with Crippen molar-refractivity contribution in [2.75, 3.05) is 11.4 Å². The van der Waals surface area contributed by atoms with Crippen LogP contribution in [0.5, 0.6) is 5.75 Å². The Morgan fingerprint density at radius 2 is 2.03 bits per heavy atom. The summed E-state index contributed by atoms with van der Waals surface area (Å²) < 4.78 is 5.78. The van der Waals surface area contributed by atoms with E-state index in [1.54, 1.807) is 46.8 Å². The highest BCUT2D eigenvalue weighted by molar-refractivity contribution is 7.16. The third kappa shape index (κ3) is 4.54. The van der Waals surface area contributed by atoms with Gasteiger partial charge >= 0.3 is 0 Å². The van der Waals surface area contributed by atoms with Gasteiger partial charge in [-0.3, -0.25) is 14.7 Å². The molecule has 3 aromatic rings. The minimum Gasteiger partial charge on any atom is -0.489 e. The van der Waals surface area contributed by atoms with Crippen LogP contribution >= 0.6 is 11.3 Å². The molecule has 0 atom stereocenters. The molecule has 0 unspecified atom stereocenters. The van der Waals surface area contributed by atoms with Crippen LogP contribution in [0.3, 0.4) is 0 Å². The molecule has 0 fully saturated rings. The van der Waals surface area contributed by atoms with E-state index in [9.17, 15) is 4.79 Å². The van der Waals surface area contributed by atoms with Crippen molar-refractivity contribution in [2.45, 2.75) is 32.3 Å². The first-order valence-electron chi connectivity index (χ1n) is 9.77. The number of fused-ring (bicyclic) bond motifs is 1. The van der Waals surface area contributed by atoms with Crippen molar-refractivity contribution in [1.29, 1.82) is 0 Å². The lowest BCUT2D eigenvalue weighted by Gasteiger charge is -2.18. The van der Waals surface area contributed by atoms with Crippen molar-refractivity contribution in [2.24, 2.45) is 0 Å². The van der Waals surface area contributed by atoms with E-state index in [1.807, 2.05) is 24.3 Å².